The largest absolute Gasteiger partial charge is 0.477 e. The van der Waals surface area contributed by atoms with Crippen LogP contribution in [0.2, 0.25) is 0 Å². The molecule has 3 nitrogen and oxygen atoms in total. The highest BCUT2D eigenvalue weighted by Gasteiger charge is 2.17. The van der Waals surface area contributed by atoms with E-state index in [4.69, 9.17) is 4.74 Å². The van der Waals surface area contributed by atoms with Crippen molar-refractivity contribution in [2.24, 2.45) is 5.92 Å². The summed E-state index contributed by atoms with van der Waals surface area (Å²) in [6.45, 7) is 3.16. The minimum absolute atomic E-state index is 0.658. The molecule has 1 aromatic rings. The lowest BCUT2D eigenvalue weighted by molar-refractivity contribution is 0.147. The molecular formula is C12H18N2O. The Morgan fingerprint density at radius 3 is 3.20 bits per heavy atom. The van der Waals surface area contributed by atoms with Crippen molar-refractivity contribution in [3.05, 3.63) is 24.4 Å². The van der Waals surface area contributed by atoms with Gasteiger partial charge in [-0.05, 0) is 32.5 Å². The summed E-state index contributed by atoms with van der Waals surface area (Å²) in [6, 6.07) is 5.77. The van der Waals surface area contributed by atoms with Crippen molar-refractivity contribution in [3.8, 4) is 5.88 Å². The zero-order valence-corrected chi connectivity index (χ0v) is 9.22. The lowest BCUT2D eigenvalue weighted by atomic mass is 10.00. The molecule has 0 amide bonds. The Bertz CT molecular complexity index is 289. The summed E-state index contributed by atoms with van der Waals surface area (Å²) in [5, 5.41) is 0. The van der Waals surface area contributed by atoms with Crippen molar-refractivity contribution in [3.63, 3.8) is 0 Å². The standard InChI is InChI=1S/C12H18N2O/c1-14-8-4-5-11(9-14)10-15-12-6-2-3-7-13-12/h2-3,6-7,11H,4-5,8-10H2,1H3. The van der Waals surface area contributed by atoms with E-state index in [2.05, 4.69) is 16.9 Å². The highest BCUT2D eigenvalue weighted by molar-refractivity contribution is 5.09. The number of nitrogens with zero attached hydrogens (tertiary/aromatic N) is 2. The predicted octanol–water partition coefficient (Wildman–Crippen LogP) is 1.80. The fourth-order valence-corrected chi connectivity index (χ4v) is 2.04. The van der Waals surface area contributed by atoms with Gasteiger partial charge in [-0.2, -0.15) is 0 Å². The van der Waals surface area contributed by atoms with Gasteiger partial charge in [-0.3, -0.25) is 0 Å². The Morgan fingerprint density at radius 1 is 1.53 bits per heavy atom. The molecule has 82 valence electrons. The Labute approximate surface area is 91.1 Å². The molecule has 0 radical (unpaired) electrons. The van der Waals surface area contributed by atoms with Crippen molar-refractivity contribution in [2.45, 2.75) is 12.8 Å². The van der Waals surface area contributed by atoms with E-state index in [0.29, 0.717) is 5.92 Å². The van der Waals surface area contributed by atoms with Crippen LogP contribution in [-0.2, 0) is 0 Å². The van der Waals surface area contributed by atoms with E-state index >= 15 is 0 Å². The van der Waals surface area contributed by atoms with Gasteiger partial charge in [-0.25, -0.2) is 4.98 Å². The number of hydrogen-bond acceptors (Lipinski definition) is 3. The monoisotopic (exact) mass is 206 g/mol. The summed E-state index contributed by atoms with van der Waals surface area (Å²) in [4.78, 5) is 6.52. The Kier molecular flexibility index (Phi) is 3.56. The van der Waals surface area contributed by atoms with Crippen LogP contribution in [0, 0.1) is 5.92 Å². The third-order valence-electron chi connectivity index (χ3n) is 2.83. The van der Waals surface area contributed by atoms with Crippen LogP contribution in [0.3, 0.4) is 0 Å². The van der Waals surface area contributed by atoms with Gasteiger partial charge in [0.1, 0.15) is 0 Å². The van der Waals surface area contributed by atoms with Crippen molar-refractivity contribution < 1.29 is 4.74 Å². The van der Waals surface area contributed by atoms with E-state index in [1.165, 1.54) is 19.4 Å². The molecule has 0 spiro atoms. The van der Waals surface area contributed by atoms with E-state index < -0.39 is 0 Å². The molecule has 2 rings (SSSR count). The number of hydrogen-bond donors (Lipinski definition) is 0. The van der Waals surface area contributed by atoms with Crippen LogP contribution in [0.4, 0.5) is 0 Å². The number of ether oxygens (including phenoxy) is 1. The number of aromatic nitrogens is 1. The second kappa shape index (κ2) is 5.12. The Morgan fingerprint density at radius 2 is 2.47 bits per heavy atom. The van der Waals surface area contributed by atoms with Crippen molar-refractivity contribution in [2.75, 3.05) is 26.7 Å². The molecule has 0 aromatic carbocycles. The minimum Gasteiger partial charge on any atom is -0.477 e. The summed E-state index contributed by atoms with van der Waals surface area (Å²) in [5.74, 6) is 1.40. The van der Waals surface area contributed by atoms with Crippen LogP contribution in [0.5, 0.6) is 5.88 Å². The van der Waals surface area contributed by atoms with Crippen LogP contribution in [-0.4, -0.2) is 36.6 Å². The molecule has 2 heterocycles. The molecule has 1 saturated heterocycles. The highest BCUT2D eigenvalue weighted by Crippen LogP contribution is 2.16. The molecule has 0 saturated carbocycles. The van der Waals surface area contributed by atoms with Gasteiger partial charge in [-0.15, -0.1) is 0 Å². The maximum Gasteiger partial charge on any atom is 0.213 e. The van der Waals surface area contributed by atoms with E-state index in [1.807, 2.05) is 18.2 Å². The number of rotatable bonds is 3. The molecule has 1 aliphatic heterocycles. The highest BCUT2D eigenvalue weighted by atomic mass is 16.5. The van der Waals surface area contributed by atoms with Crippen molar-refractivity contribution >= 4 is 0 Å². The first-order valence-electron chi connectivity index (χ1n) is 5.57. The maximum absolute atomic E-state index is 5.66. The number of pyridine rings is 1. The fourth-order valence-electron chi connectivity index (χ4n) is 2.04. The van der Waals surface area contributed by atoms with E-state index in [9.17, 15) is 0 Å². The molecule has 1 aliphatic rings. The van der Waals surface area contributed by atoms with Gasteiger partial charge in [0.25, 0.3) is 0 Å². The van der Waals surface area contributed by atoms with Crippen LogP contribution in [0.25, 0.3) is 0 Å². The van der Waals surface area contributed by atoms with Gasteiger partial charge in [0, 0.05) is 24.7 Å². The second-order valence-electron chi connectivity index (χ2n) is 4.25. The topological polar surface area (TPSA) is 25.4 Å². The average molecular weight is 206 g/mol. The van der Waals surface area contributed by atoms with E-state index in [-0.39, 0.29) is 0 Å². The Balaban J connectivity index is 1.78. The lowest BCUT2D eigenvalue weighted by Crippen LogP contribution is -2.34. The molecule has 1 atom stereocenters. The molecule has 1 unspecified atom stereocenters. The first-order chi connectivity index (χ1) is 7.34. The molecule has 15 heavy (non-hydrogen) atoms. The van der Waals surface area contributed by atoms with E-state index in [0.717, 1.165) is 19.0 Å². The average Bonchev–Trinajstić information content (AvgIpc) is 2.28. The Hall–Kier alpha value is -1.09. The molecule has 1 fully saturated rings. The second-order valence-corrected chi connectivity index (χ2v) is 4.25. The summed E-state index contributed by atoms with van der Waals surface area (Å²) in [7, 11) is 2.17. The van der Waals surface area contributed by atoms with Gasteiger partial charge in [0.2, 0.25) is 5.88 Å². The SMILES string of the molecule is CN1CCCC(COc2ccccn2)C1. The third kappa shape index (κ3) is 3.20. The molecular weight excluding hydrogens is 188 g/mol. The molecule has 0 aliphatic carbocycles. The van der Waals surface area contributed by atoms with Gasteiger partial charge in [0.05, 0.1) is 6.61 Å². The quantitative estimate of drug-likeness (QED) is 0.754. The molecule has 3 heteroatoms. The van der Waals surface area contributed by atoms with Crippen LogP contribution < -0.4 is 4.74 Å². The van der Waals surface area contributed by atoms with E-state index in [1.54, 1.807) is 6.20 Å². The summed E-state index contributed by atoms with van der Waals surface area (Å²) in [5.41, 5.74) is 0. The number of likely N-dealkylation sites (tertiary alicyclic amines) is 1. The lowest BCUT2D eigenvalue weighted by Gasteiger charge is -2.29. The zero-order valence-electron chi connectivity index (χ0n) is 9.22. The first kappa shape index (κ1) is 10.4. The van der Waals surface area contributed by atoms with Gasteiger partial charge in [-0.1, -0.05) is 6.07 Å². The summed E-state index contributed by atoms with van der Waals surface area (Å²) >= 11 is 0. The maximum atomic E-state index is 5.66. The van der Waals surface area contributed by atoms with Crippen LogP contribution in [0.15, 0.2) is 24.4 Å². The predicted molar refractivity (Wildman–Crippen MR) is 60.0 cm³/mol. The van der Waals surface area contributed by atoms with Gasteiger partial charge < -0.3 is 9.64 Å². The van der Waals surface area contributed by atoms with Crippen molar-refractivity contribution in [1.29, 1.82) is 0 Å². The third-order valence-corrected chi connectivity index (χ3v) is 2.83. The number of piperidine rings is 1. The van der Waals surface area contributed by atoms with Gasteiger partial charge >= 0.3 is 0 Å². The van der Waals surface area contributed by atoms with Crippen LogP contribution in [0.1, 0.15) is 12.8 Å². The molecule has 0 N–H and O–H groups in total. The smallest absolute Gasteiger partial charge is 0.213 e. The molecule has 0 bridgehead atoms. The first-order valence-corrected chi connectivity index (χ1v) is 5.57. The summed E-state index contributed by atoms with van der Waals surface area (Å²) in [6.07, 6.45) is 4.33. The zero-order chi connectivity index (χ0) is 10.5. The minimum atomic E-state index is 0.658. The molecule has 1 aromatic heterocycles. The van der Waals surface area contributed by atoms with Gasteiger partial charge in [0.15, 0.2) is 0 Å². The normalized spacial score (nSPS) is 22.6. The van der Waals surface area contributed by atoms with Crippen LogP contribution >= 0.6 is 0 Å². The summed E-state index contributed by atoms with van der Waals surface area (Å²) < 4.78 is 5.66. The fraction of sp³-hybridized carbons (Fsp3) is 0.583. The van der Waals surface area contributed by atoms with Crippen molar-refractivity contribution in [1.82, 2.24) is 9.88 Å².